The van der Waals surface area contributed by atoms with Crippen molar-refractivity contribution in [1.82, 2.24) is 15.2 Å². The quantitative estimate of drug-likeness (QED) is 0.746. The van der Waals surface area contributed by atoms with Gasteiger partial charge in [0.1, 0.15) is 0 Å². The fraction of sp³-hybridized carbons (Fsp3) is 0.118. The van der Waals surface area contributed by atoms with Crippen molar-refractivity contribution in [1.29, 1.82) is 0 Å². The molecule has 2 N–H and O–H groups in total. The molecule has 5 nitrogen and oxygen atoms in total. The van der Waals surface area contributed by atoms with Gasteiger partial charge in [-0.15, -0.1) is 5.10 Å². The second-order valence-electron chi connectivity index (χ2n) is 5.26. The topological polar surface area (TPSA) is 62.7 Å². The van der Waals surface area contributed by atoms with Gasteiger partial charge in [-0.25, -0.2) is 8.78 Å². The fourth-order valence-corrected chi connectivity index (χ4v) is 2.16. The molecule has 1 heterocycles. The number of anilines is 3. The molecule has 3 aromatic rings. The van der Waals surface area contributed by atoms with E-state index in [9.17, 15) is 8.78 Å². The Morgan fingerprint density at radius 1 is 1.04 bits per heavy atom. The van der Waals surface area contributed by atoms with Crippen molar-refractivity contribution >= 4 is 17.5 Å². The molecule has 7 heteroatoms. The molecule has 0 spiro atoms. The minimum absolute atomic E-state index is 0.190. The van der Waals surface area contributed by atoms with Crippen LogP contribution >= 0.6 is 0 Å². The van der Waals surface area contributed by atoms with Gasteiger partial charge in [0.15, 0.2) is 17.5 Å². The molecule has 0 bridgehead atoms. The van der Waals surface area contributed by atoms with Gasteiger partial charge in [-0.2, -0.15) is 10.1 Å². The number of benzene rings is 2. The molecule has 24 heavy (non-hydrogen) atoms. The Hall–Kier alpha value is -3.09. The summed E-state index contributed by atoms with van der Waals surface area (Å²) in [6.07, 6.45) is 1.49. The Kier molecular flexibility index (Phi) is 4.60. The van der Waals surface area contributed by atoms with Gasteiger partial charge in [0.2, 0.25) is 5.95 Å². The molecule has 3 rings (SSSR count). The van der Waals surface area contributed by atoms with E-state index in [-0.39, 0.29) is 5.95 Å². The molecule has 0 saturated carbocycles. The van der Waals surface area contributed by atoms with Gasteiger partial charge in [0.25, 0.3) is 0 Å². The summed E-state index contributed by atoms with van der Waals surface area (Å²) in [4.78, 5) is 4.25. The Morgan fingerprint density at radius 2 is 1.92 bits per heavy atom. The maximum absolute atomic E-state index is 13.2. The van der Waals surface area contributed by atoms with E-state index in [2.05, 4.69) is 31.9 Å². The van der Waals surface area contributed by atoms with Crippen LogP contribution in [-0.2, 0) is 6.54 Å². The largest absolute Gasteiger partial charge is 0.365 e. The highest BCUT2D eigenvalue weighted by Crippen LogP contribution is 2.17. The molecule has 0 fully saturated rings. The van der Waals surface area contributed by atoms with E-state index in [4.69, 9.17) is 0 Å². The molecule has 0 unspecified atom stereocenters. The predicted octanol–water partition coefficient (Wildman–Crippen LogP) is 3.81. The van der Waals surface area contributed by atoms with Gasteiger partial charge in [0.05, 0.1) is 6.20 Å². The van der Waals surface area contributed by atoms with Crippen LogP contribution in [0.3, 0.4) is 0 Å². The van der Waals surface area contributed by atoms with E-state index in [0.717, 1.165) is 17.7 Å². The number of hydrogen-bond acceptors (Lipinski definition) is 5. The number of hydrogen-bond donors (Lipinski definition) is 2. The van der Waals surface area contributed by atoms with E-state index in [1.165, 1.54) is 17.8 Å². The standard InChI is InChI=1S/C17H15F2N5/c1-11-3-2-4-12(7-11)9-20-16-10-21-24-17(23-16)22-13-5-6-14(18)15(19)8-13/h2-8,10H,9H2,1H3,(H2,20,22,23,24). The van der Waals surface area contributed by atoms with Crippen LogP contribution in [0.4, 0.5) is 26.2 Å². The van der Waals surface area contributed by atoms with Crippen molar-refractivity contribution in [2.45, 2.75) is 13.5 Å². The summed E-state index contributed by atoms with van der Waals surface area (Å²) >= 11 is 0. The maximum atomic E-state index is 13.2. The molecule has 0 aliphatic rings. The average molecular weight is 327 g/mol. The van der Waals surface area contributed by atoms with E-state index in [0.29, 0.717) is 18.1 Å². The molecule has 2 aromatic carbocycles. The minimum atomic E-state index is -0.943. The number of rotatable bonds is 5. The Balaban J connectivity index is 1.68. The van der Waals surface area contributed by atoms with Crippen LogP contribution in [0.25, 0.3) is 0 Å². The number of aryl methyl sites for hydroxylation is 1. The third kappa shape index (κ3) is 4.01. The molecule has 122 valence electrons. The Morgan fingerprint density at radius 3 is 2.71 bits per heavy atom. The monoisotopic (exact) mass is 327 g/mol. The SMILES string of the molecule is Cc1cccc(CNc2cnnc(Nc3ccc(F)c(F)c3)n2)c1. The number of halogens is 2. The summed E-state index contributed by atoms with van der Waals surface area (Å²) in [6, 6.07) is 11.6. The van der Waals surface area contributed by atoms with Gasteiger partial charge in [0, 0.05) is 18.3 Å². The Labute approximate surface area is 137 Å². The molecule has 0 radical (unpaired) electrons. The number of nitrogens with zero attached hydrogens (tertiary/aromatic N) is 3. The van der Waals surface area contributed by atoms with Crippen LogP contribution < -0.4 is 10.6 Å². The van der Waals surface area contributed by atoms with Crippen LogP contribution in [-0.4, -0.2) is 15.2 Å². The average Bonchev–Trinajstić information content (AvgIpc) is 2.57. The van der Waals surface area contributed by atoms with Crippen molar-refractivity contribution in [3.05, 3.63) is 71.4 Å². The van der Waals surface area contributed by atoms with Crippen LogP contribution in [0.2, 0.25) is 0 Å². The van der Waals surface area contributed by atoms with Crippen LogP contribution in [0.15, 0.2) is 48.7 Å². The third-order valence-electron chi connectivity index (χ3n) is 3.29. The van der Waals surface area contributed by atoms with Crippen LogP contribution in [0.1, 0.15) is 11.1 Å². The van der Waals surface area contributed by atoms with Crippen molar-refractivity contribution < 1.29 is 8.78 Å². The highest BCUT2D eigenvalue weighted by molar-refractivity contribution is 5.54. The summed E-state index contributed by atoms with van der Waals surface area (Å²) in [6.45, 7) is 2.62. The zero-order valence-corrected chi connectivity index (χ0v) is 12.9. The molecule has 0 aliphatic carbocycles. The third-order valence-corrected chi connectivity index (χ3v) is 3.29. The van der Waals surface area contributed by atoms with Gasteiger partial charge in [-0.1, -0.05) is 29.8 Å². The molecule has 0 aliphatic heterocycles. The summed E-state index contributed by atoms with van der Waals surface area (Å²) in [7, 11) is 0. The lowest BCUT2D eigenvalue weighted by molar-refractivity contribution is 0.509. The number of aromatic nitrogens is 3. The van der Waals surface area contributed by atoms with Gasteiger partial charge >= 0.3 is 0 Å². The predicted molar refractivity (Wildman–Crippen MR) is 88.0 cm³/mol. The second-order valence-corrected chi connectivity index (χ2v) is 5.26. The normalized spacial score (nSPS) is 10.5. The van der Waals surface area contributed by atoms with Crippen LogP contribution in [0.5, 0.6) is 0 Å². The lowest BCUT2D eigenvalue weighted by Gasteiger charge is -2.08. The van der Waals surface area contributed by atoms with Crippen molar-refractivity contribution in [3.8, 4) is 0 Å². The van der Waals surface area contributed by atoms with E-state index in [1.807, 2.05) is 25.1 Å². The summed E-state index contributed by atoms with van der Waals surface area (Å²) < 4.78 is 26.2. The maximum Gasteiger partial charge on any atom is 0.249 e. The highest BCUT2D eigenvalue weighted by Gasteiger charge is 2.05. The van der Waals surface area contributed by atoms with E-state index < -0.39 is 11.6 Å². The first kappa shape index (κ1) is 15.8. The molecule has 1 aromatic heterocycles. The first-order valence-corrected chi connectivity index (χ1v) is 7.31. The van der Waals surface area contributed by atoms with Gasteiger partial charge < -0.3 is 10.6 Å². The molecular formula is C17H15F2N5. The minimum Gasteiger partial charge on any atom is -0.365 e. The Bertz CT molecular complexity index is 854. The molecule has 0 amide bonds. The molecule has 0 saturated heterocycles. The van der Waals surface area contributed by atoms with Gasteiger partial charge in [-0.05, 0) is 24.6 Å². The van der Waals surface area contributed by atoms with E-state index in [1.54, 1.807) is 0 Å². The summed E-state index contributed by atoms with van der Waals surface area (Å²) in [5.74, 6) is -1.14. The van der Waals surface area contributed by atoms with Crippen LogP contribution in [0, 0.1) is 18.6 Å². The summed E-state index contributed by atoms with van der Waals surface area (Å²) in [5, 5.41) is 13.6. The van der Waals surface area contributed by atoms with Crippen molar-refractivity contribution in [3.63, 3.8) is 0 Å². The lowest BCUT2D eigenvalue weighted by atomic mass is 10.1. The zero-order valence-electron chi connectivity index (χ0n) is 12.9. The van der Waals surface area contributed by atoms with E-state index >= 15 is 0 Å². The zero-order chi connectivity index (χ0) is 16.9. The van der Waals surface area contributed by atoms with Gasteiger partial charge in [-0.3, -0.25) is 0 Å². The second kappa shape index (κ2) is 6.99. The fourth-order valence-electron chi connectivity index (χ4n) is 2.16. The summed E-state index contributed by atoms with van der Waals surface area (Å²) in [5.41, 5.74) is 2.63. The smallest absolute Gasteiger partial charge is 0.249 e. The lowest BCUT2D eigenvalue weighted by Crippen LogP contribution is -2.06. The first-order chi connectivity index (χ1) is 11.6. The number of nitrogens with one attached hydrogen (secondary N) is 2. The van der Waals surface area contributed by atoms with Crippen molar-refractivity contribution in [2.75, 3.05) is 10.6 Å². The molecule has 0 atom stereocenters. The highest BCUT2D eigenvalue weighted by atomic mass is 19.2. The molecular weight excluding hydrogens is 312 g/mol. The first-order valence-electron chi connectivity index (χ1n) is 7.31. The van der Waals surface area contributed by atoms with Crippen molar-refractivity contribution in [2.24, 2.45) is 0 Å².